The highest BCUT2D eigenvalue weighted by atomic mass is 16.1. The lowest BCUT2D eigenvalue weighted by Crippen LogP contribution is -2.49. The van der Waals surface area contributed by atoms with Crippen LogP contribution >= 0.6 is 0 Å². The average Bonchev–Trinajstić information content (AvgIpc) is 3.13. The standard InChI is InChI=1S/C13H25N3O/c1-2-12(13(14)17)16(11-5-6-11)9-10-4-3-7-15-8-10/h10-12,15H,2-9H2,1H3,(H2,14,17). The van der Waals surface area contributed by atoms with Gasteiger partial charge in [-0.1, -0.05) is 6.92 Å². The topological polar surface area (TPSA) is 58.4 Å². The summed E-state index contributed by atoms with van der Waals surface area (Å²) < 4.78 is 0. The van der Waals surface area contributed by atoms with Crippen LogP contribution in [0, 0.1) is 5.92 Å². The number of nitrogens with zero attached hydrogens (tertiary/aromatic N) is 1. The Balaban J connectivity index is 1.93. The lowest BCUT2D eigenvalue weighted by atomic mass is 9.98. The van der Waals surface area contributed by atoms with E-state index in [2.05, 4.69) is 17.1 Å². The number of primary amides is 1. The van der Waals surface area contributed by atoms with Crippen LogP contribution in [0.3, 0.4) is 0 Å². The fourth-order valence-electron chi connectivity index (χ4n) is 2.91. The van der Waals surface area contributed by atoms with Crippen molar-refractivity contribution in [2.24, 2.45) is 11.7 Å². The van der Waals surface area contributed by atoms with E-state index in [0.29, 0.717) is 12.0 Å². The highest BCUT2D eigenvalue weighted by Crippen LogP contribution is 2.31. The number of carbonyl (C=O) groups excluding carboxylic acids is 1. The predicted molar refractivity (Wildman–Crippen MR) is 68.6 cm³/mol. The van der Waals surface area contributed by atoms with E-state index in [1.54, 1.807) is 0 Å². The van der Waals surface area contributed by atoms with Gasteiger partial charge in [0, 0.05) is 12.6 Å². The van der Waals surface area contributed by atoms with E-state index >= 15 is 0 Å². The highest BCUT2D eigenvalue weighted by molar-refractivity contribution is 5.79. The van der Waals surface area contributed by atoms with Crippen LogP contribution in [-0.4, -0.2) is 42.5 Å². The summed E-state index contributed by atoms with van der Waals surface area (Å²) in [5, 5.41) is 3.44. The Bertz CT molecular complexity index is 259. The number of nitrogens with one attached hydrogen (secondary N) is 1. The molecule has 1 aliphatic carbocycles. The molecule has 0 radical (unpaired) electrons. The number of rotatable bonds is 6. The van der Waals surface area contributed by atoms with Crippen molar-refractivity contribution in [1.82, 2.24) is 10.2 Å². The first-order chi connectivity index (χ1) is 8.22. The Hall–Kier alpha value is -0.610. The molecule has 0 spiro atoms. The molecule has 1 saturated heterocycles. The van der Waals surface area contributed by atoms with Crippen molar-refractivity contribution in [2.45, 2.75) is 51.1 Å². The number of hydrogen-bond acceptors (Lipinski definition) is 3. The Morgan fingerprint density at radius 2 is 2.24 bits per heavy atom. The van der Waals surface area contributed by atoms with Crippen molar-refractivity contribution in [3.05, 3.63) is 0 Å². The van der Waals surface area contributed by atoms with Crippen molar-refractivity contribution >= 4 is 5.91 Å². The first-order valence-electron chi connectivity index (χ1n) is 6.98. The number of carbonyl (C=O) groups is 1. The number of hydrogen-bond donors (Lipinski definition) is 2. The Labute approximate surface area is 104 Å². The molecule has 1 amide bonds. The summed E-state index contributed by atoms with van der Waals surface area (Å²) in [4.78, 5) is 13.9. The van der Waals surface area contributed by atoms with Gasteiger partial charge < -0.3 is 11.1 Å². The molecule has 0 aromatic rings. The summed E-state index contributed by atoms with van der Waals surface area (Å²) in [6.45, 7) is 5.34. The van der Waals surface area contributed by atoms with Gasteiger partial charge in [-0.05, 0) is 51.1 Å². The van der Waals surface area contributed by atoms with Crippen LogP contribution < -0.4 is 11.1 Å². The van der Waals surface area contributed by atoms with Gasteiger partial charge in [0.15, 0.2) is 0 Å². The lowest BCUT2D eigenvalue weighted by molar-refractivity contribution is -0.123. The number of amides is 1. The minimum Gasteiger partial charge on any atom is -0.368 e. The Morgan fingerprint density at radius 3 is 2.71 bits per heavy atom. The summed E-state index contributed by atoms with van der Waals surface area (Å²) >= 11 is 0. The molecule has 4 heteroatoms. The maximum Gasteiger partial charge on any atom is 0.234 e. The molecule has 2 atom stereocenters. The van der Waals surface area contributed by atoms with Gasteiger partial charge in [-0.25, -0.2) is 0 Å². The molecule has 1 saturated carbocycles. The van der Waals surface area contributed by atoms with Crippen LogP contribution in [0.1, 0.15) is 39.0 Å². The van der Waals surface area contributed by atoms with Gasteiger partial charge in [-0.15, -0.1) is 0 Å². The minimum absolute atomic E-state index is 0.0515. The molecule has 2 aliphatic rings. The highest BCUT2D eigenvalue weighted by Gasteiger charge is 2.36. The zero-order valence-corrected chi connectivity index (χ0v) is 10.8. The smallest absolute Gasteiger partial charge is 0.234 e. The molecule has 0 aromatic carbocycles. The van der Waals surface area contributed by atoms with Gasteiger partial charge >= 0.3 is 0 Å². The number of piperidine rings is 1. The van der Waals surface area contributed by atoms with Gasteiger partial charge in [0.1, 0.15) is 0 Å². The van der Waals surface area contributed by atoms with Crippen LogP contribution in [-0.2, 0) is 4.79 Å². The molecule has 1 aliphatic heterocycles. The van der Waals surface area contributed by atoms with E-state index in [4.69, 9.17) is 5.73 Å². The second kappa shape index (κ2) is 5.83. The molecule has 1 heterocycles. The zero-order valence-electron chi connectivity index (χ0n) is 10.8. The van der Waals surface area contributed by atoms with Crippen LogP contribution in [0.5, 0.6) is 0 Å². The summed E-state index contributed by atoms with van der Waals surface area (Å²) in [5.41, 5.74) is 5.52. The third kappa shape index (κ3) is 3.42. The maximum atomic E-state index is 11.5. The second-order valence-electron chi connectivity index (χ2n) is 5.47. The van der Waals surface area contributed by atoms with Crippen molar-refractivity contribution in [2.75, 3.05) is 19.6 Å². The second-order valence-corrected chi connectivity index (χ2v) is 5.47. The summed E-state index contributed by atoms with van der Waals surface area (Å²) in [5.74, 6) is 0.543. The zero-order chi connectivity index (χ0) is 12.3. The normalized spacial score (nSPS) is 27.1. The van der Waals surface area contributed by atoms with Crippen LogP contribution in [0.15, 0.2) is 0 Å². The van der Waals surface area contributed by atoms with E-state index in [1.165, 1.54) is 25.7 Å². The summed E-state index contributed by atoms with van der Waals surface area (Å²) in [6.07, 6.45) is 5.86. The third-order valence-corrected chi connectivity index (χ3v) is 4.00. The minimum atomic E-state index is -0.150. The van der Waals surface area contributed by atoms with E-state index in [0.717, 1.165) is 26.1 Å². The van der Waals surface area contributed by atoms with Gasteiger partial charge in [0.25, 0.3) is 0 Å². The molecule has 2 unspecified atom stereocenters. The molecule has 3 N–H and O–H groups in total. The number of nitrogens with two attached hydrogens (primary N) is 1. The molecule has 4 nitrogen and oxygen atoms in total. The van der Waals surface area contributed by atoms with Crippen molar-refractivity contribution in [3.63, 3.8) is 0 Å². The summed E-state index contributed by atoms with van der Waals surface area (Å²) in [7, 11) is 0. The molecule has 0 bridgehead atoms. The van der Waals surface area contributed by atoms with Crippen molar-refractivity contribution < 1.29 is 4.79 Å². The predicted octanol–water partition coefficient (Wildman–Crippen LogP) is 0.714. The van der Waals surface area contributed by atoms with Crippen molar-refractivity contribution in [1.29, 1.82) is 0 Å². The maximum absolute atomic E-state index is 11.5. The van der Waals surface area contributed by atoms with Gasteiger partial charge in [-0.3, -0.25) is 9.69 Å². The quantitative estimate of drug-likeness (QED) is 0.718. The first-order valence-corrected chi connectivity index (χ1v) is 6.98. The molecule has 98 valence electrons. The summed E-state index contributed by atoms with van der Waals surface area (Å²) in [6, 6.07) is 0.568. The van der Waals surface area contributed by atoms with Gasteiger partial charge in [0.05, 0.1) is 6.04 Å². The molecule has 2 fully saturated rings. The fourth-order valence-corrected chi connectivity index (χ4v) is 2.91. The molecule has 17 heavy (non-hydrogen) atoms. The Morgan fingerprint density at radius 1 is 1.47 bits per heavy atom. The first kappa shape index (κ1) is 12.8. The third-order valence-electron chi connectivity index (χ3n) is 4.00. The van der Waals surface area contributed by atoms with E-state index < -0.39 is 0 Å². The molecule has 2 rings (SSSR count). The van der Waals surface area contributed by atoms with Gasteiger partial charge in [-0.2, -0.15) is 0 Å². The van der Waals surface area contributed by atoms with Gasteiger partial charge in [0.2, 0.25) is 5.91 Å². The average molecular weight is 239 g/mol. The SMILES string of the molecule is CCC(C(N)=O)N(CC1CCCNC1)C1CC1. The lowest BCUT2D eigenvalue weighted by Gasteiger charge is -2.34. The van der Waals surface area contributed by atoms with E-state index in [9.17, 15) is 4.79 Å². The monoisotopic (exact) mass is 239 g/mol. The van der Waals surface area contributed by atoms with E-state index in [-0.39, 0.29) is 11.9 Å². The fraction of sp³-hybridized carbons (Fsp3) is 0.923. The Kier molecular flexibility index (Phi) is 4.40. The molecular weight excluding hydrogens is 214 g/mol. The van der Waals surface area contributed by atoms with Crippen molar-refractivity contribution in [3.8, 4) is 0 Å². The van der Waals surface area contributed by atoms with Crippen LogP contribution in [0.25, 0.3) is 0 Å². The van der Waals surface area contributed by atoms with Crippen LogP contribution in [0.4, 0.5) is 0 Å². The largest absolute Gasteiger partial charge is 0.368 e. The van der Waals surface area contributed by atoms with E-state index in [1.807, 2.05) is 0 Å². The molecular formula is C13H25N3O. The van der Waals surface area contributed by atoms with Crippen LogP contribution in [0.2, 0.25) is 0 Å². The molecule has 0 aromatic heterocycles.